The van der Waals surface area contributed by atoms with Gasteiger partial charge in [0.25, 0.3) is 0 Å². The van der Waals surface area contributed by atoms with Gasteiger partial charge in [-0.1, -0.05) is 37.3 Å². The molecular formula is C21H26O3. The number of aryl methyl sites for hydroxylation is 2. The Morgan fingerprint density at radius 3 is 2.33 bits per heavy atom. The summed E-state index contributed by atoms with van der Waals surface area (Å²) in [5, 5.41) is 0. The zero-order chi connectivity index (χ0) is 17.7. The lowest BCUT2D eigenvalue weighted by molar-refractivity contribution is 0.00692. The quantitative estimate of drug-likeness (QED) is 0.718. The number of benzene rings is 2. The van der Waals surface area contributed by atoms with E-state index in [1.807, 2.05) is 70.2 Å². The highest BCUT2D eigenvalue weighted by atomic mass is 16.6. The van der Waals surface area contributed by atoms with Gasteiger partial charge in [0.15, 0.2) is 0 Å². The van der Waals surface area contributed by atoms with Crippen molar-refractivity contribution in [3.8, 4) is 5.75 Å². The Morgan fingerprint density at radius 1 is 1.08 bits per heavy atom. The maximum absolute atomic E-state index is 12.3. The largest absolute Gasteiger partial charge is 0.488 e. The number of carbonyl (C=O) groups excluding carboxylic acids is 1. The summed E-state index contributed by atoms with van der Waals surface area (Å²) in [5.41, 5.74) is 3.17. The minimum Gasteiger partial charge on any atom is -0.488 e. The van der Waals surface area contributed by atoms with E-state index in [2.05, 4.69) is 6.92 Å². The molecule has 0 saturated carbocycles. The first-order valence-corrected chi connectivity index (χ1v) is 8.33. The molecule has 0 aliphatic rings. The van der Waals surface area contributed by atoms with Crippen molar-refractivity contribution in [2.45, 2.75) is 53.2 Å². The molecule has 0 fully saturated rings. The summed E-state index contributed by atoms with van der Waals surface area (Å²) in [6.45, 7) is 10.2. The van der Waals surface area contributed by atoms with E-state index < -0.39 is 5.60 Å². The molecule has 0 aromatic heterocycles. The Morgan fingerprint density at radius 2 is 1.75 bits per heavy atom. The summed E-state index contributed by atoms with van der Waals surface area (Å²) in [7, 11) is 0. The van der Waals surface area contributed by atoms with Crippen molar-refractivity contribution in [2.24, 2.45) is 0 Å². The van der Waals surface area contributed by atoms with E-state index >= 15 is 0 Å². The summed E-state index contributed by atoms with van der Waals surface area (Å²) in [4.78, 5) is 12.3. The first kappa shape index (κ1) is 18.1. The highest BCUT2D eigenvalue weighted by molar-refractivity contribution is 5.90. The average molecular weight is 326 g/mol. The van der Waals surface area contributed by atoms with E-state index in [9.17, 15) is 4.79 Å². The molecule has 0 spiro atoms. The van der Waals surface area contributed by atoms with E-state index in [0.717, 1.165) is 28.9 Å². The molecule has 0 unspecified atom stereocenters. The van der Waals surface area contributed by atoms with Crippen LogP contribution in [0.5, 0.6) is 5.75 Å². The third kappa shape index (κ3) is 4.85. The maximum Gasteiger partial charge on any atom is 0.338 e. The number of esters is 1. The number of hydrogen-bond acceptors (Lipinski definition) is 3. The van der Waals surface area contributed by atoms with Crippen LogP contribution >= 0.6 is 0 Å². The predicted octanol–water partition coefficient (Wildman–Crippen LogP) is 5.09. The van der Waals surface area contributed by atoms with E-state index in [-0.39, 0.29) is 5.97 Å². The molecule has 24 heavy (non-hydrogen) atoms. The molecule has 0 saturated heterocycles. The van der Waals surface area contributed by atoms with Crippen molar-refractivity contribution in [1.29, 1.82) is 0 Å². The Kier molecular flexibility index (Phi) is 5.66. The van der Waals surface area contributed by atoms with Gasteiger partial charge in [0, 0.05) is 0 Å². The molecule has 0 heterocycles. The molecule has 2 rings (SSSR count). The van der Waals surface area contributed by atoms with Crippen molar-refractivity contribution >= 4 is 5.97 Å². The van der Waals surface area contributed by atoms with Crippen LogP contribution < -0.4 is 4.74 Å². The Hall–Kier alpha value is -2.29. The van der Waals surface area contributed by atoms with Crippen LogP contribution in [0.15, 0.2) is 42.5 Å². The molecule has 3 nitrogen and oxygen atoms in total. The number of hydrogen-bond donors (Lipinski definition) is 0. The van der Waals surface area contributed by atoms with E-state index in [1.165, 1.54) is 0 Å². The third-order valence-corrected chi connectivity index (χ3v) is 3.59. The fourth-order valence-electron chi connectivity index (χ4n) is 2.50. The monoisotopic (exact) mass is 326 g/mol. The smallest absolute Gasteiger partial charge is 0.338 e. The zero-order valence-electron chi connectivity index (χ0n) is 15.2. The zero-order valence-corrected chi connectivity index (χ0v) is 15.2. The molecule has 0 amide bonds. The van der Waals surface area contributed by atoms with Crippen LogP contribution in [0.25, 0.3) is 0 Å². The van der Waals surface area contributed by atoms with Crippen LogP contribution in [-0.4, -0.2) is 11.6 Å². The molecule has 0 bridgehead atoms. The molecule has 0 radical (unpaired) electrons. The Balaban J connectivity index is 2.22. The maximum atomic E-state index is 12.3. The van der Waals surface area contributed by atoms with E-state index in [0.29, 0.717) is 12.2 Å². The molecule has 0 atom stereocenters. The molecule has 0 aliphatic carbocycles. The molecule has 0 N–H and O–H groups in total. The van der Waals surface area contributed by atoms with Gasteiger partial charge in [-0.25, -0.2) is 4.79 Å². The van der Waals surface area contributed by atoms with Gasteiger partial charge in [0.05, 0.1) is 5.56 Å². The summed E-state index contributed by atoms with van der Waals surface area (Å²) < 4.78 is 11.5. The van der Waals surface area contributed by atoms with Gasteiger partial charge < -0.3 is 9.47 Å². The van der Waals surface area contributed by atoms with Gasteiger partial charge in [-0.3, -0.25) is 0 Å². The second-order valence-electron chi connectivity index (χ2n) is 6.91. The summed E-state index contributed by atoms with van der Waals surface area (Å²) in [5.74, 6) is 0.559. The SMILES string of the molecule is CCc1cc(C(=O)OC(C)(C)C)cc(C)c1OCc1ccccc1. The van der Waals surface area contributed by atoms with Gasteiger partial charge in [-0.15, -0.1) is 0 Å². The fraction of sp³-hybridized carbons (Fsp3) is 0.381. The normalized spacial score (nSPS) is 11.2. The lowest BCUT2D eigenvalue weighted by Gasteiger charge is -2.21. The minimum atomic E-state index is -0.500. The van der Waals surface area contributed by atoms with Gasteiger partial charge >= 0.3 is 5.97 Å². The Bertz CT molecular complexity index is 697. The van der Waals surface area contributed by atoms with Crippen molar-refractivity contribution < 1.29 is 14.3 Å². The lowest BCUT2D eigenvalue weighted by atomic mass is 10.0. The summed E-state index contributed by atoms with van der Waals surface area (Å²) in [6.07, 6.45) is 0.793. The van der Waals surface area contributed by atoms with Gasteiger partial charge in [0.2, 0.25) is 0 Å². The topological polar surface area (TPSA) is 35.5 Å². The van der Waals surface area contributed by atoms with E-state index in [4.69, 9.17) is 9.47 Å². The van der Waals surface area contributed by atoms with Gasteiger partial charge in [0.1, 0.15) is 18.0 Å². The molecule has 2 aromatic carbocycles. The number of ether oxygens (including phenoxy) is 2. The molecule has 3 heteroatoms. The van der Waals surface area contributed by atoms with Gasteiger partial charge in [-0.2, -0.15) is 0 Å². The van der Waals surface area contributed by atoms with Crippen LogP contribution in [0.2, 0.25) is 0 Å². The first-order valence-electron chi connectivity index (χ1n) is 8.33. The Labute approximate surface area is 144 Å². The number of rotatable bonds is 5. The second-order valence-corrected chi connectivity index (χ2v) is 6.91. The summed E-state index contributed by atoms with van der Waals surface area (Å²) >= 11 is 0. The van der Waals surface area contributed by atoms with Crippen LogP contribution in [0.4, 0.5) is 0 Å². The minimum absolute atomic E-state index is 0.296. The predicted molar refractivity (Wildman–Crippen MR) is 96.5 cm³/mol. The third-order valence-electron chi connectivity index (χ3n) is 3.59. The highest BCUT2D eigenvalue weighted by Crippen LogP contribution is 2.28. The first-order chi connectivity index (χ1) is 11.3. The number of carbonyl (C=O) groups is 1. The van der Waals surface area contributed by atoms with Gasteiger partial charge in [-0.05, 0) is 62.9 Å². The van der Waals surface area contributed by atoms with Crippen molar-refractivity contribution in [3.05, 3.63) is 64.7 Å². The standard InChI is InChI=1S/C21H26O3/c1-6-17-13-18(20(22)24-21(3,4)5)12-15(2)19(17)23-14-16-10-8-7-9-11-16/h7-13H,6,14H2,1-5H3. The molecule has 0 aliphatic heterocycles. The highest BCUT2D eigenvalue weighted by Gasteiger charge is 2.20. The van der Waals surface area contributed by atoms with Crippen LogP contribution in [0.3, 0.4) is 0 Å². The van der Waals surface area contributed by atoms with Crippen LogP contribution in [-0.2, 0) is 17.8 Å². The van der Waals surface area contributed by atoms with Crippen molar-refractivity contribution in [2.75, 3.05) is 0 Å². The molecular weight excluding hydrogens is 300 g/mol. The average Bonchev–Trinajstić information content (AvgIpc) is 2.52. The van der Waals surface area contributed by atoms with Crippen LogP contribution in [0.1, 0.15) is 54.7 Å². The van der Waals surface area contributed by atoms with Crippen LogP contribution in [0, 0.1) is 6.92 Å². The van der Waals surface area contributed by atoms with Crippen molar-refractivity contribution in [3.63, 3.8) is 0 Å². The van der Waals surface area contributed by atoms with Crippen molar-refractivity contribution in [1.82, 2.24) is 0 Å². The van der Waals surface area contributed by atoms with E-state index in [1.54, 1.807) is 0 Å². The lowest BCUT2D eigenvalue weighted by Crippen LogP contribution is -2.24. The molecule has 128 valence electrons. The fourth-order valence-corrected chi connectivity index (χ4v) is 2.50. The summed E-state index contributed by atoms with van der Waals surface area (Å²) in [6, 6.07) is 13.8. The second kappa shape index (κ2) is 7.52. The molecule has 2 aromatic rings.